The van der Waals surface area contributed by atoms with Gasteiger partial charge in [-0.15, -0.1) is 11.3 Å². The number of anilines is 1. The number of hydrogen-bond donors (Lipinski definition) is 1. The molecule has 3 heteroatoms. The first-order chi connectivity index (χ1) is 6.79. The second-order valence-electron chi connectivity index (χ2n) is 4.23. The molecule has 2 rings (SSSR count). The summed E-state index contributed by atoms with van der Waals surface area (Å²) in [7, 11) is 0. The molecule has 0 aromatic carbocycles. The van der Waals surface area contributed by atoms with Crippen LogP contribution >= 0.6 is 11.3 Å². The monoisotopic (exact) mass is 210 g/mol. The van der Waals surface area contributed by atoms with E-state index in [0.29, 0.717) is 0 Å². The van der Waals surface area contributed by atoms with Gasteiger partial charge < -0.3 is 5.73 Å². The molecule has 2 N–H and O–H groups in total. The molecule has 78 valence electrons. The fourth-order valence-electron chi connectivity index (χ4n) is 2.34. The molecule has 14 heavy (non-hydrogen) atoms. The lowest BCUT2D eigenvalue weighted by Crippen LogP contribution is -2.11. The van der Waals surface area contributed by atoms with Crippen LogP contribution in [-0.4, -0.2) is 4.98 Å². The van der Waals surface area contributed by atoms with Crippen molar-refractivity contribution in [2.24, 2.45) is 5.92 Å². The molecule has 0 aliphatic heterocycles. The van der Waals surface area contributed by atoms with Crippen LogP contribution in [0.25, 0.3) is 0 Å². The summed E-state index contributed by atoms with van der Waals surface area (Å²) in [6, 6.07) is 0. The average Bonchev–Trinajstić information content (AvgIpc) is 2.65. The largest absolute Gasteiger partial charge is 0.375 e. The Kier molecular flexibility index (Phi) is 3.06. The number of nitrogens with zero attached hydrogens (tertiary/aromatic N) is 1. The fraction of sp³-hybridized carbons (Fsp3) is 0.727. The quantitative estimate of drug-likeness (QED) is 0.812. The van der Waals surface area contributed by atoms with E-state index in [0.717, 1.165) is 17.0 Å². The van der Waals surface area contributed by atoms with Crippen LogP contribution < -0.4 is 5.73 Å². The van der Waals surface area contributed by atoms with Crippen molar-refractivity contribution in [1.29, 1.82) is 0 Å². The molecule has 1 aliphatic rings. The topological polar surface area (TPSA) is 38.9 Å². The zero-order valence-electron chi connectivity index (χ0n) is 8.70. The highest BCUT2D eigenvalue weighted by Gasteiger charge is 2.22. The summed E-state index contributed by atoms with van der Waals surface area (Å²) < 4.78 is 0. The predicted molar refractivity (Wildman–Crippen MR) is 61.5 cm³/mol. The normalized spacial score (nSPS) is 27.8. The van der Waals surface area contributed by atoms with Crippen molar-refractivity contribution in [1.82, 2.24) is 4.98 Å². The van der Waals surface area contributed by atoms with E-state index >= 15 is 0 Å². The third-order valence-corrected chi connectivity index (χ3v) is 4.36. The number of hydrogen-bond acceptors (Lipinski definition) is 3. The van der Waals surface area contributed by atoms with Crippen molar-refractivity contribution < 1.29 is 0 Å². The van der Waals surface area contributed by atoms with Crippen molar-refractivity contribution in [2.75, 3.05) is 5.73 Å². The smallest absolute Gasteiger partial charge is 0.180 e. The molecule has 0 atom stereocenters. The first kappa shape index (κ1) is 9.97. The van der Waals surface area contributed by atoms with Crippen LogP contribution in [0.3, 0.4) is 0 Å². The maximum Gasteiger partial charge on any atom is 0.180 e. The molecule has 0 amide bonds. The van der Waals surface area contributed by atoms with Crippen LogP contribution in [0.15, 0.2) is 6.20 Å². The van der Waals surface area contributed by atoms with Gasteiger partial charge in [-0.2, -0.15) is 0 Å². The van der Waals surface area contributed by atoms with Gasteiger partial charge in [0, 0.05) is 11.1 Å². The first-order valence-corrected chi connectivity index (χ1v) is 6.32. The van der Waals surface area contributed by atoms with Crippen molar-refractivity contribution in [2.45, 2.75) is 44.9 Å². The van der Waals surface area contributed by atoms with Gasteiger partial charge in [0.2, 0.25) is 0 Å². The van der Waals surface area contributed by atoms with Crippen LogP contribution in [0.1, 0.15) is 49.8 Å². The summed E-state index contributed by atoms with van der Waals surface area (Å²) in [5.74, 6) is 1.71. The number of nitrogen functional groups attached to an aromatic ring is 1. The number of nitrogens with two attached hydrogens (primary N) is 1. The molecule has 0 unspecified atom stereocenters. The van der Waals surface area contributed by atoms with Crippen molar-refractivity contribution in [3.05, 3.63) is 11.1 Å². The Morgan fingerprint density at radius 1 is 1.43 bits per heavy atom. The summed E-state index contributed by atoms with van der Waals surface area (Å²) in [4.78, 5) is 5.53. The van der Waals surface area contributed by atoms with E-state index in [1.165, 1.54) is 37.0 Å². The molecule has 2 nitrogen and oxygen atoms in total. The lowest BCUT2D eigenvalue weighted by Gasteiger charge is -2.26. The second-order valence-corrected chi connectivity index (χ2v) is 5.32. The minimum absolute atomic E-state index is 0.720. The Morgan fingerprint density at radius 2 is 2.14 bits per heavy atom. The molecule has 1 saturated carbocycles. The van der Waals surface area contributed by atoms with E-state index in [1.807, 2.05) is 6.20 Å². The van der Waals surface area contributed by atoms with Crippen LogP contribution in [0, 0.1) is 5.92 Å². The van der Waals surface area contributed by atoms with Gasteiger partial charge in [0.1, 0.15) is 0 Å². The lowest BCUT2D eigenvalue weighted by molar-refractivity contribution is 0.321. The molecule has 1 aliphatic carbocycles. The van der Waals surface area contributed by atoms with Gasteiger partial charge in [-0.25, -0.2) is 4.98 Å². The minimum Gasteiger partial charge on any atom is -0.375 e. The van der Waals surface area contributed by atoms with E-state index < -0.39 is 0 Å². The average molecular weight is 210 g/mol. The van der Waals surface area contributed by atoms with E-state index in [2.05, 4.69) is 11.9 Å². The van der Waals surface area contributed by atoms with Gasteiger partial charge in [-0.05, 0) is 37.5 Å². The van der Waals surface area contributed by atoms with E-state index in [1.54, 1.807) is 11.3 Å². The third kappa shape index (κ3) is 2.08. The van der Waals surface area contributed by atoms with Gasteiger partial charge in [0.05, 0.1) is 0 Å². The van der Waals surface area contributed by atoms with Crippen LogP contribution in [0.4, 0.5) is 5.13 Å². The van der Waals surface area contributed by atoms with Gasteiger partial charge in [0.25, 0.3) is 0 Å². The van der Waals surface area contributed by atoms with E-state index in [4.69, 9.17) is 5.73 Å². The molecular formula is C11H18N2S. The Labute approximate surface area is 89.5 Å². The molecular weight excluding hydrogens is 192 g/mol. The lowest BCUT2D eigenvalue weighted by atomic mass is 9.80. The summed E-state index contributed by atoms with van der Waals surface area (Å²) in [5, 5.41) is 0.720. The number of rotatable bonds is 2. The fourth-order valence-corrected chi connectivity index (χ4v) is 3.20. The molecule has 0 radical (unpaired) electrons. The van der Waals surface area contributed by atoms with E-state index in [9.17, 15) is 0 Å². The van der Waals surface area contributed by atoms with E-state index in [-0.39, 0.29) is 0 Å². The highest BCUT2D eigenvalue weighted by molar-refractivity contribution is 7.15. The molecule has 0 saturated heterocycles. The maximum atomic E-state index is 5.65. The number of aromatic nitrogens is 1. The first-order valence-electron chi connectivity index (χ1n) is 5.50. The summed E-state index contributed by atoms with van der Waals surface area (Å²) in [6.07, 6.45) is 8.76. The van der Waals surface area contributed by atoms with Gasteiger partial charge in [0.15, 0.2) is 5.13 Å². The van der Waals surface area contributed by atoms with Gasteiger partial charge in [-0.1, -0.05) is 13.3 Å². The van der Waals surface area contributed by atoms with Crippen LogP contribution in [0.5, 0.6) is 0 Å². The molecule has 0 spiro atoms. The highest BCUT2D eigenvalue weighted by Crippen LogP contribution is 2.39. The summed E-state index contributed by atoms with van der Waals surface area (Å²) in [6.45, 7) is 2.30. The second kappa shape index (κ2) is 4.30. The Balaban J connectivity index is 1.95. The van der Waals surface area contributed by atoms with Crippen LogP contribution in [0.2, 0.25) is 0 Å². The zero-order chi connectivity index (χ0) is 9.97. The van der Waals surface area contributed by atoms with Crippen molar-refractivity contribution in [3.8, 4) is 0 Å². The molecule has 1 aromatic heterocycles. The third-order valence-electron chi connectivity index (χ3n) is 3.37. The summed E-state index contributed by atoms with van der Waals surface area (Å²) >= 11 is 1.67. The predicted octanol–water partition coefficient (Wildman–Crippen LogP) is 3.41. The molecule has 1 fully saturated rings. The molecule has 1 aromatic rings. The highest BCUT2D eigenvalue weighted by atomic mass is 32.1. The Morgan fingerprint density at radius 3 is 2.64 bits per heavy atom. The molecule has 1 heterocycles. The molecule has 0 bridgehead atoms. The van der Waals surface area contributed by atoms with Gasteiger partial charge in [-0.3, -0.25) is 0 Å². The van der Waals surface area contributed by atoms with Crippen LogP contribution in [-0.2, 0) is 0 Å². The maximum absolute atomic E-state index is 5.65. The zero-order valence-corrected chi connectivity index (χ0v) is 9.52. The summed E-state index contributed by atoms with van der Waals surface area (Å²) in [5.41, 5.74) is 5.65. The van der Waals surface area contributed by atoms with Gasteiger partial charge >= 0.3 is 0 Å². The van der Waals surface area contributed by atoms with Crippen molar-refractivity contribution >= 4 is 16.5 Å². The minimum atomic E-state index is 0.720. The van der Waals surface area contributed by atoms with Crippen molar-refractivity contribution in [3.63, 3.8) is 0 Å². The Hall–Kier alpha value is -0.570. The standard InChI is InChI=1S/C11H18N2S/c1-2-8-3-5-9(6-4-8)10-7-13-11(12)14-10/h7-9H,2-6H2,1H3,(H2,12,13). The Bertz CT molecular complexity index is 287. The number of thiazole rings is 1. The SMILES string of the molecule is CCC1CCC(c2cnc(N)s2)CC1.